The summed E-state index contributed by atoms with van der Waals surface area (Å²) in [6.45, 7) is 4.35. The zero-order valence-electron chi connectivity index (χ0n) is 12.6. The van der Waals surface area contributed by atoms with Crippen LogP contribution in [-0.4, -0.2) is 15.1 Å². The van der Waals surface area contributed by atoms with Crippen LogP contribution in [0.1, 0.15) is 37.6 Å². The van der Waals surface area contributed by atoms with Crippen molar-refractivity contribution in [3.05, 3.63) is 53.6 Å². The van der Waals surface area contributed by atoms with Gasteiger partial charge in [0, 0.05) is 17.6 Å². The Morgan fingerprint density at radius 1 is 1.19 bits per heavy atom. The first kappa shape index (κ1) is 16.2. The van der Waals surface area contributed by atoms with Crippen molar-refractivity contribution in [3.8, 4) is 0 Å². The molecule has 0 spiro atoms. The third-order valence-electron chi connectivity index (χ3n) is 3.86. The van der Waals surface area contributed by atoms with Gasteiger partial charge in [-0.1, -0.05) is 35.0 Å². The van der Waals surface area contributed by atoms with Crippen molar-refractivity contribution >= 4 is 15.9 Å². The van der Waals surface area contributed by atoms with E-state index in [2.05, 4.69) is 47.1 Å². The van der Waals surface area contributed by atoms with Crippen molar-refractivity contribution in [1.29, 1.82) is 0 Å². The lowest BCUT2D eigenvalue weighted by Gasteiger charge is -2.13. The molecule has 0 amide bonds. The van der Waals surface area contributed by atoms with Crippen LogP contribution in [-0.2, 0) is 12.8 Å². The standard InChI is InChI=1S/C17H22BrFN2/c1-3-13(2)21-9-8-17(20-21)11-15(12-18)10-14-4-6-16(19)7-5-14/h4-9,13,15H,3,10-12H2,1-2H3. The van der Waals surface area contributed by atoms with E-state index in [1.165, 1.54) is 17.7 Å². The lowest BCUT2D eigenvalue weighted by molar-refractivity contribution is 0.468. The van der Waals surface area contributed by atoms with Gasteiger partial charge >= 0.3 is 0 Å². The smallest absolute Gasteiger partial charge is 0.123 e. The lowest BCUT2D eigenvalue weighted by Crippen LogP contribution is -2.11. The van der Waals surface area contributed by atoms with Gasteiger partial charge in [-0.3, -0.25) is 4.68 Å². The maximum Gasteiger partial charge on any atom is 0.123 e. The summed E-state index contributed by atoms with van der Waals surface area (Å²) in [5.41, 5.74) is 2.30. The Kier molecular flexibility index (Phi) is 5.97. The molecule has 0 saturated carbocycles. The molecular weight excluding hydrogens is 331 g/mol. The van der Waals surface area contributed by atoms with E-state index in [-0.39, 0.29) is 5.82 Å². The molecule has 21 heavy (non-hydrogen) atoms. The fourth-order valence-corrected chi connectivity index (χ4v) is 2.81. The molecule has 0 saturated heterocycles. The number of hydrogen-bond donors (Lipinski definition) is 0. The average molecular weight is 353 g/mol. The van der Waals surface area contributed by atoms with Crippen LogP contribution in [0.5, 0.6) is 0 Å². The summed E-state index contributed by atoms with van der Waals surface area (Å²) in [5, 5.41) is 5.58. The lowest BCUT2D eigenvalue weighted by atomic mass is 9.97. The van der Waals surface area contributed by atoms with Crippen molar-refractivity contribution in [2.45, 2.75) is 39.2 Å². The molecule has 2 unspecified atom stereocenters. The third kappa shape index (κ3) is 4.67. The summed E-state index contributed by atoms with van der Waals surface area (Å²) in [6, 6.07) is 9.33. The second-order valence-corrected chi connectivity index (χ2v) is 6.25. The van der Waals surface area contributed by atoms with Crippen LogP contribution in [0.15, 0.2) is 36.5 Å². The molecule has 2 nitrogen and oxygen atoms in total. The summed E-state index contributed by atoms with van der Waals surface area (Å²) in [6.07, 6.45) is 5.01. The number of hydrogen-bond acceptors (Lipinski definition) is 1. The minimum Gasteiger partial charge on any atom is -0.270 e. The van der Waals surface area contributed by atoms with Gasteiger partial charge in [0.2, 0.25) is 0 Å². The highest BCUT2D eigenvalue weighted by Crippen LogP contribution is 2.18. The van der Waals surface area contributed by atoms with E-state index in [4.69, 9.17) is 0 Å². The molecule has 0 aliphatic carbocycles. The Morgan fingerprint density at radius 2 is 1.90 bits per heavy atom. The Hall–Kier alpha value is -1.16. The summed E-state index contributed by atoms with van der Waals surface area (Å²) >= 11 is 3.59. The maximum absolute atomic E-state index is 12.9. The van der Waals surface area contributed by atoms with Gasteiger partial charge in [0.05, 0.1) is 5.69 Å². The van der Waals surface area contributed by atoms with Crippen LogP contribution < -0.4 is 0 Å². The van der Waals surface area contributed by atoms with Gasteiger partial charge in [0.25, 0.3) is 0 Å². The number of rotatable bonds is 7. The van der Waals surface area contributed by atoms with Crippen LogP contribution in [0, 0.1) is 11.7 Å². The molecule has 1 aromatic carbocycles. The zero-order valence-corrected chi connectivity index (χ0v) is 14.2. The summed E-state index contributed by atoms with van der Waals surface area (Å²) < 4.78 is 15.0. The second kappa shape index (κ2) is 7.74. The highest BCUT2D eigenvalue weighted by Gasteiger charge is 2.12. The molecule has 0 radical (unpaired) electrons. The third-order valence-corrected chi connectivity index (χ3v) is 4.78. The van der Waals surface area contributed by atoms with E-state index < -0.39 is 0 Å². The van der Waals surface area contributed by atoms with Gasteiger partial charge in [0.15, 0.2) is 0 Å². The fourth-order valence-electron chi connectivity index (χ4n) is 2.35. The molecule has 1 aromatic heterocycles. The number of halogens is 2. The van der Waals surface area contributed by atoms with E-state index >= 15 is 0 Å². The molecule has 2 atom stereocenters. The minimum absolute atomic E-state index is 0.179. The van der Waals surface area contributed by atoms with Crippen molar-refractivity contribution in [3.63, 3.8) is 0 Å². The molecule has 1 heterocycles. The SMILES string of the molecule is CCC(C)n1ccc(CC(CBr)Cc2ccc(F)cc2)n1. The quantitative estimate of drug-likeness (QED) is 0.655. The number of benzene rings is 1. The molecule has 0 fully saturated rings. The van der Waals surface area contributed by atoms with E-state index in [0.717, 1.165) is 30.3 Å². The largest absolute Gasteiger partial charge is 0.270 e. The predicted molar refractivity (Wildman–Crippen MR) is 88.3 cm³/mol. The normalized spacial score (nSPS) is 14.1. The predicted octanol–water partition coefficient (Wildman–Crippen LogP) is 4.79. The summed E-state index contributed by atoms with van der Waals surface area (Å²) in [5.74, 6) is 0.289. The summed E-state index contributed by atoms with van der Waals surface area (Å²) in [4.78, 5) is 0. The molecule has 2 rings (SSSR count). The van der Waals surface area contributed by atoms with Crippen LogP contribution in [0.2, 0.25) is 0 Å². The maximum atomic E-state index is 12.9. The molecule has 0 N–H and O–H groups in total. The van der Waals surface area contributed by atoms with Crippen LogP contribution in [0.4, 0.5) is 4.39 Å². The monoisotopic (exact) mass is 352 g/mol. The van der Waals surface area contributed by atoms with Gasteiger partial charge in [-0.25, -0.2) is 4.39 Å². The second-order valence-electron chi connectivity index (χ2n) is 5.60. The molecule has 114 valence electrons. The molecule has 0 aliphatic rings. The van der Waals surface area contributed by atoms with Crippen LogP contribution in [0.25, 0.3) is 0 Å². The Labute approximate surface area is 134 Å². The number of nitrogens with zero attached hydrogens (tertiary/aromatic N) is 2. The highest BCUT2D eigenvalue weighted by atomic mass is 79.9. The molecule has 2 aromatic rings. The molecule has 0 bridgehead atoms. The van der Waals surface area contributed by atoms with E-state index in [1.54, 1.807) is 0 Å². The summed E-state index contributed by atoms with van der Waals surface area (Å²) in [7, 11) is 0. The Balaban J connectivity index is 1.98. The Bertz CT molecular complexity index is 550. The fraction of sp³-hybridized carbons (Fsp3) is 0.471. The Morgan fingerprint density at radius 3 is 2.52 bits per heavy atom. The van der Waals surface area contributed by atoms with Crippen molar-refractivity contribution < 1.29 is 4.39 Å². The van der Waals surface area contributed by atoms with Crippen molar-refractivity contribution in [2.75, 3.05) is 5.33 Å². The van der Waals surface area contributed by atoms with Gasteiger partial charge < -0.3 is 0 Å². The zero-order chi connectivity index (χ0) is 15.2. The first-order valence-electron chi connectivity index (χ1n) is 7.46. The van der Waals surface area contributed by atoms with Crippen LogP contribution >= 0.6 is 15.9 Å². The van der Waals surface area contributed by atoms with Gasteiger partial charge in [0.1, 0.15) is 5.82 Å². The van der Waals surface area contributed by atoms with Gasteiger partial charge in [-0.05, 0) is 55.9 Å². The van der Waals surface area contributed by atoms with E-state index in [9.17, 15) is 4.39 Å². The highest BCUT2D eigenvalue weighted by molar-refractivity contribution is 9.09. The first-order valence-corrected chi connectivity index (χ1v) is 8.59. The van der Waals surface area contributed by atoms with E-state index in [0.29, 0.717) is 12.0 Å². The minimum atomic E-state index is -0.179. The van der Waals surface area contributed by atoms with Gasteiger partial charge in [-0.15, -0.1) is 0 Å². The first-order chi connectivity index (χ1) is 10.1. The van der Waals surface area contributed by atoms with Crippen LogP contribution in [0.3, 0.4) is 0 Å². The van der Waals surface area contributed by atoms with Crippen molar-refractivity contribution in [2.24, 2.45) is 5.92 Å². The molecule has 0 aliphatic heterocycles. The number of alkyl halides is 1. The topological polar surface area (TPSA) is 17.8 Å². The van der Waals surface area contributed by atoms with Crippen molar-refractivity contribution in [1.82, 2.24) is 9.78 Å². The van der Waals surface area contributed by atoms with Gasteiger partial charge in [-0.2, -0.15) is 5.10 Å². The van der Waals surface area contributed by atoms with E-state index in [1.807, 2.05) is 16.8 Å². The molecule has 4 heteroatoms. The number of aromatic nitrogens is 2. The average Bonchev–Trinajstić information content (AvgIpc) is 2.96. The molecular formula is C17H22BrFN2.